The Labute approximate surface area is 148 Å². The molecule has 2 aliphatic heterocycles. The minimum atomic E-state index is 0.752. The molecule has 1 unspecified atom stereocenters. The monoisotopic (exact) mass is 329 g/mol. The van der Waals surface area contributed by atoms with Crippen LogP contribution in [0, 0.1) is 19.8 Å². The zero-order chi connectivity index (χ0) is 17.1. The molecule has 3 rings (SSSR count). The lowest BCUT2D eigenvalue weighted by atomic mass is 9.89. The third-order valence-corrected chi connectivity index (χ3v) is 6.41. The van der Waals surface area contributed by atoms with Gasteiger partial charge in [-0.05, 0) is 76.4 Å². The predicted molar refractivity (Wildman–Crippen MR) is 102 cm³/mol. The zero-order valence-corrected chi connectivity index (χ0v) is 16.1. The van der Waals surface area contributed by atoms with Crippen LogP contribution in [-0.2, 0) is 6.54 Å². The molecule has 2 fully saturated rings. The van der Waals surface area contributed by atoms with Gasteiger partial charge in [-0.15, -0.1) is 0 Å². The average Bonchev–Trinajstić information content (AvgIpc) is 2.59. The number of aryl methyl sites for hydroxylation is 2. The normalized spacial score (nSPS) is 23.5. The van der Waals surface area contributed by atoms with Gasteiger partial charge in [0.1, 0.15) is 0 Å². The summed E-state index contributed by atoms with van der Waals surface area (Å²) in [6.07, 6.45) is 2.72. The highest BCUT2D eigenvalue weighted by molar-refractivity contribution is 5.29. The van der Waals surface area contributed by atoms with E-state index in [1.54, 1.807) is 0 Å². The van der Waals surface area contributed by atoms with Crippen LogP contribution >= 0.6 is 0 Å². The van der Waals surface area contributed by atoms with Crippen LogP contribution in [0.3, 0.4) is 0 Å². The van der Waals surface area contributed by atoms with Crippen molar-refractivity contribution < 1.29 is 0 Å². The second-order valence-corrected chi connectivity index (χ2v) is 8.11. The summed E-state index contributed by atoms with van der Waals surface area (Å²) in [4.78, 5) is 7.83. The Kier molecular flexibility index (Phi) is 5.96. The van der Waals surface area contributed by atoms with Gasteiger partial charge in [0.15, 0.2) is 0 Å². The second kappa shape index (κ2) is 7.99. The highest BCUT2D eigenvalue weighted by atomic mass is 15.3. The van der Waals surface area contributed by atoms with E-state index < -0.39 is 0 Å². The fourth-order valence-corrected chi connectivity index (χ4v) is 4.28. The summed E-state index contributed by atoms with van der Waals surface area (Å²) in [7, 11) is 2.24. The number of benzene rings is 1. The van der Waals surface area contributed by atoms with Gasteiger partial charge in [0.2, 0.25) is 0 Å². The fraction of sp³-hybridized carbons (Fsp3) is 0.714. The van der Waals surface area contributed by atoms with Crippen molar-refractivity contribution in [3.8, 4) is 0 Å². The highest BCUT2D eigenvalue weighted by Gasteiger charge is 2.29. The minimum Gasteiger partial charge on any atom is -0.304 e. The van der Waals surface area contributed by atoms with E-state index in [9.17, 15) is 0 Å². The molecule has 0 amide bonds. The first-order valence-electron chi connectivity index (χ1n) is 9.74. The Hall–Kier alpha value is -0.900. The first kappa shape index (κ1) is 17.9. The lowest BCUT2D eigenvalue weighted by molar-refractivity contribution is 0.0598. The first-order valence-corrected chi connectivity index (χ1v) is 9.74. The van der Waals surface area contributed by atoms with Crippen LogP contribution in [-0.4, -0.2) is 67.1 Å². The molecule has 2 heterocycles. The van der Waals surface area contributed by atoms with Crippen molar-refractivity contribution in [1.82, 2.24) is 14.7 Å². The maximum absolute atomic E-state index is 2.73. The molecule has 0 radical (unpaired) electrons. The molecule has 0 aromatic heterocycles. The lowest BCUT2D eigenvalue weighted by Crippen LogP contribution is -2.51. The molecular weight excluding hydrogens is 294 g/mol. The van der Waals surface area contributed by atoms with Crippen LogP contribution in [0.25, 0.3) is 0 Å². The summed E-state index contributed by atoms with van der Waals surface area (Å²) in [5, 5.41) is 0. The Balaban J connectivity index is 1.47. The van der Waals surface area contributed by atoms with E-state index in [1.165, 1.54) is 68.8 Å². The highest BCUT2D eigenvalue weighted by Crippen LogP contribution is 2.26. The number of piperidine rings is 1. The van der Waals surface area contributed by atoms with Crippen molar-refractivity contribution in [3.05, 3.63) is 34.9 Å². The van der Waals surface area contributed by atoms with Crippen molar-refractivity contribution in [2.75, 3.05) is 46.3 Å². The number of rotatable bonds is 4. The molecular formula is C21H35N3. The van der Waals surface area contributed by atoms with Gasteiger partial charge in [-0.3, -0.25) is 9.80 Å². The second-order valence-electron chi connectivity index (χ2n) is 8.11. The van der Waals surface area contributed by atoms with Gasteiger partial charge in [-0.25, -0.2) is 0 Å². The Morgan fingerprint density at radius 1 is 0.958 bits per heavy atom. The fourth-order valence-electron chi connectivity index (χ4n) is 4.28. The van der Waals surface area contributed by atoms with Crippen LogP contribution in [0.4, 0.5) is 0 Å². The summed E-state index contributed by atoms with van der Waals surface area (Å²) in [6, 6.07) is 7.70. The van der Waals surface area contributed by atoms with E-state index in [1.807, 2.05) is 0 Å². The van der Waals surface area contributed by atoms with E-state index in [4.69, 9.17) is 0 Å². The molecule has 2 aliphatic rings. The van der Waals surface area contributed by atoms with E-state index >= 15 is 0 Å². The van der Waals surface area contributed by atoms with Crippen LogP contribution in [0.1, 0.15) is 36.5 Å². The van der Waals surface area contributed by atoms with Crippen molar-refractivity contribution in [1.29, 1.82) is 0 Å². The van der Waals surface area contributed by atoms with Gasteiger partial charge in [0.25, 0.3) is 0 Å². The topological polar surface area (TPSA) is 9.72 Å². The van der Waals surface area contributed by atoms with E-state index in [2.05, 4.69) is 60.7 Å². The van der Waals surface area contributed by atoms with Gasteiger partial charge in [-0.1, -0.05) is 18.2 Å². The maximum atomic E-state index is 2.73. The first-order chi connectivity index (χ1) is 11.5. The van der Waals surface area contributed by atoms with Crippen molar-refractivity contribution in [2.45, 2.75) is 46.2 Å². The smallest absolute Gasteiger partial charge is 0.0233 e. The van der Waals surface area contributed by atoms with Gasteiger partial charge in [-0.2, -0.15) is 0 Å². The molecule has 3 nitrogen and oxygen atoms in total. The molecule has 0 saturated carbocycles. The molecule has 134 valence electrons. The van der Waals surface area contributed by atoms with E-state index in [0.29, 0.717) is 0 Å². The molecule has 1 aromatic carbocycles. The molecule has 1 aromatic rings. The van der Waals surface area contributed by atoms with Crippen molar-refractivity contribution in [3.63, 3.8) is 0 Å². The summed E-state index contributed by atoms with van der Waals surface area (Å²) in [5.41, 5.74) is 4.30. The molecule has 3 heteroatoms. The quantitative estimate of drug-likeness (QED) is 0.840. The third kappa shape index (κ3) is 4.38. The Morgan fingerprint density at radius 2 is 1.62 bits per heavy atom. The van der Waals surface area contributed by atoms with E-state index in [-0.39, 0.29) is 0 Å². The standard InChI is InChI=1S/C21H35N3/c1-17-5-6-20(15-18(17)2)16-23-9-7-21(8-10-23)19(3)24-13-11-22(4)12-14-24/h5-6,15,19,21H,7-14,16H2,1-4H3. The largest absolute Gasteiger partial charge is 0.304 e. The van der Waals surface area contributed by atoms with Crippen LogP contribution in [0.5, 0.6) is 0 Å². The van der Waals surface area contributed by atoms with Crippen molar-refractivity contribution >= 4 is 0 Å². The van der Waals surface area contributed by atoms with Gasteiger partial charge >= 0.3 is 0 Å². The molecule has 24 heavy (non-hydrogen) atoms. The van der Waals surface area contributed by atoms with E-state index in [0.717, 1.165) is 18.5 Å². The predicted octanol–water partition coefficient (Wildman–Crippen LogP) is 3.15. The number of hydrogen-bond donors (Lipinski definition) is 0. The SMILES string of the molecule is Cc1ccc(CN2CCC(C(C)N3CCN(C)CC3)CC2)cc1C. The summed E-state index contributed by atoms with van der Waals surface area (Å²) in [5.74, 6) is 0.879. The average molecular weight is 330 g/mol. The molecule has 0 N–H and O–H groups in total. The molecule has 0 bridgehead atoms. The number of likely N-dealkylation sites (N-methyl/N-ethyl adjacent to an activating group) is 1. The number of likely N-dealkylation sites (tertiary alicyclic amines) is 1. The maximum Gasteiger partial charge on any atom is 0.0233 e. The van der Waals surface area contributed by atoms with Gasteiger partial charge < -0.3 is 4.90 Å². The summed E-state index contributed by atoms with van der Waals surface area (Å²) < 4.78 is 0. The van der Waals surface area contributed by atoms with Crippen LogP contribution in [0.15, 0.2) is 18.2 Å². The summed E-state index contributed by atoms with van der Waals surface area (Å²) in [6.45, 7) is 15.5. The molecule has 0 aliphatic carbocycles. The number of nitrogens with zero attached hydrogens (tertiary/aromatic N) is 3. The van der Waals surface area contributed by atoms with Crippen LogP contribution in [0.2, 0.25) is 0 Å². The molecule has 0 spiro atoms. The Morgan fingerprint density at radius 3 is 2.25 bits per heavy atom. The number of piperazine rings is 1. The number of hydrogen-bond acceptors (Lipinski definition) is 3. The summed E-state index contributed by atoms with van der Waals surface area (Å²) >= 11 is 0. The molecule has 1 atom stereocenters. The lowest BCUT2D eigenvalue weighted by Gasteiger charge is -2.42. The zero-order valence-electron chi connectivity index (χ0n) is 16.1. The molecule has 2 saturated heterocycles. The Bertz CT molecular complexity index is 526. The van der Waals surface area contributed by atoms with Crippen LogP contribution < -0.4 is 0 Å². The van der Waals surface area contributed by atoms with Gasteiger partial charge in [0, 0.05) is 38.8 Å². The third-order valence-electron chi connectivity index (χ3n) is 6.41. The minimum absolute atomic E-state index is 0.752. The van der Waals surface area contributed by atoms with Gasteiger partial charge in [0.05, 0.1) is 0 Å². The van der Waals surface area contributed by atoms with Crippen molar-refractivity contribution in [2.24, 2.45) is 5.92 Å².